The number of aromatic amines is 1. The molecule has 0 bridgehead atoms. The van der Waals surface area contributed by atoms with Gasteiger partial charge >= 0.3 is 0 Å². The van der Waals surface area contributed by atoms with Crippen LogP contribution in [0.1, 0.15) is 43.6 Å². The highest BCUT2D eigenvalue weighted by Crippen LogP contribution is 2.43. The summed E-state index contributed by atoms with van der Waals surface area (Å²) in [4.78, 5) is 7.10. The van der Waals surface area contributed by atoms with Gasteiger partial charge in [0.2, 0.25) is 0 Å². The number of ether oxygens (including phenoxy) is 1. The molecule has 8 heteroatoms. The molecule has 0 aliphatic carbocycles. The minimum absolute atomic E-state index is 0.0250. The molecular weight excluding hydrogens is 458 g/mol. The van der Waals surface area contributed by atoms with Gasteiger partial charge in [-0.25, -0.2) is 17.6 Å². The van der Waals surface area contributed by atoms with Gasteiger partial charge in [-0.3, -0.25) is 9.80 Å². The molecule has 0 amide bonds. The van der Waals surface area contributed by atoms with Gasteiger partial charge in [-0.15, -0.1) is 0 Å². The van der Waals surface area contributed by atoms with Crippen LogP contribution in [0.3, 0.4) is 0 Å². The van der Waals surface area contributed by atoms with Crippen molar-refractivity contribution in [2.75, 3.05) is 32.9 Å². The van der Waals surface area contributed by atoms with Gasteiger partial charge in [-0.1, -0.05) is 18.2 Å². The molecule has 3 heterocycles. The zero-order valence-corrected chi connectivity index (χ0v) is 20.3. The van der Waals surface area contributed by atoms with Crippen molar-refractivity contribution in [1.82, 2.24) is 14.8 Å². The molecule has 2 aliphatic rings. The van der Waals surface area contributed by atoms with Crippen molar-refractivity contribution in [3.63, 3.8) is 0 Å². The second-order valence-electron chi connectivity index (χ2n) is 10.4. The van der Waals surface area contributed by atoms with E-state index in [9.17, 15) is 8.78 Å². The van der Waals surface area contributed by atoms with Gasteiger partial charge in [0, 0.05) is 66.5 Å². The summed E-state index contributed by atoms with van der Waals surface area (Å²) in [5, 5.41) is 1.02. The molecule has 2 aliphatic heterocycles. The maximum atomic E-state index is 15.6. The minimum Gasteiger partial charge on any atom is -0.488 e. The second-order valence-corrected chi connectivity index (χ2v) is 10.4. The molecule has 5 rings (SSSR count). The lowest BCUT2D eigenvalue weighted by Crippen LogP contribution is -2.54. The molecule has 0 saturated carbocycles. The Bertz CT molecular complexity index is 1190. The van der Waals surface area contributed by atoms with E-state index >= 15 is 8.78 Å². The van der Waals surface area contributed by atoms with E-state index in [1.165, 1.54) is 26.0 Å². The first-order chi connectivity index (χ1) is 16.6. The van der Waals surface area contributed by atoms with Gasteiger partial charge in [0.25, 0.3) is 0 Å². The van der Waals surface area contributed by atoms with Crippen LogP contribution in [0.5, 0.6) is 5.75 Å². The Kier molecular flexibility index (Phi) is 6.30. The summed E-state index contributed by atoms with van der Waals surface area (Å²) in [5.74, 6) is -1.36. The molecule has 1 fully saturated rings. The average Bonchev–Trinajstić information content (AvgIpc) is 3.11. The van der Waals surface area contributed by atoms with Gasteiger partial charge in [-0.2, -0.15) is 0 Å². The SMILES string of the molecule is C[C@@H]1Cc2c([nH]c3ccccc23)C(c2c(F)cc(OC3CN(CCF)C3)cc2F)N1CC(C)(C)F. The lowest BCUT2D eigenvalue weighted by atomic mass is 9.87. The minimum atomic E-state index is -1.55. The largest absolute Gasteiger partial charge is 0.488 e. The van der Waals surface area contributed by atoms with Crippen molar-refractivity contribution < 1.29 is 22.3 Å². The van der Waals surface area contributed by atoms with Crippen LogP contribution in [-0.2, 0) is 6.42 Å². The van der Waals surface area contributed by atoms with E-state index in [-0.39, 0.29) is 30.0 Å². The number of nitrogens with zero attached hydrogens (tertiary/aromatic N) is 2. The molecular formula is C27H31F4N3O. The monoisotopic (exact) mass is 489 g/mol. The Balaban J connectivity index is 1.54. The van der Waals surface area contributed by atoms with E-state index in [0.29, 0.717) is 31.7 Å². The number of H-pyrrole nitrogens is 1. The Hall–Kier alpha value is -2.58. The highest BCUT2D eigenvalue weighted by molar-refractivity contribution is 5.85. The maximum absolute atomic E-state index is 15.6. The zero-order valence-electron chi connectivity index (χ0n) is 20.3. The van der Waals surface area contributed by atoms with Crippen molar-refractivity contribution in [2.24, 2.45) is 0 Å². The van der Waals surface area contributed by atoms with Crippen molar-refractivity contribution in [1.29, 1.82) is 0 Å². The highest BCUT2D eigenvalue weighted by Gasteiger charge is 2.41. The van der Waals surface area contributed by atoms with Gasteiger partial charge in [-0.05, 0) is 38.8 Å². The number of hydrogen-bond acceptors (Lipinski definition) is 3. The lowest BCUT2D eigenvalue weighted by Gasteiger charge is -2.43. The van der Waals surface area contributed by atoms with E-state index in [1.54, 1.807) is 0 Å². The molecule has 0 spiro atoms. The van der Waals surface area contributed by atoms with Crippen LogP contribution in [0.15, 0.2) is 36.4 Å². The number of likely N-dealkylation sites (tertiary alicyclic amines) is 1. The number of rotatable bonds is 7. The van der Waals surface area contributed by atoms with Gasteiger partial charge in [0.05, 0.1) is 6.04 Å². The fourth-order valence-corrected chi connectivity index (χ4v) is 5.48. The molecule has 3 aromatic rings. The molecule has 4 nitrogen and oxygen atoms in total. The first-order valence-corrected chi connectivity index (χ1v) is 12.1. The van der Waals surface area contributed by atoms with Gasteiger partial charge in [0.1, 0.15) is 35.8 Å². The Morgan fingerprint density at radius 2 is 1.80 bits per heavy atom. The summed E-state index contributed by atoms with van der Waals surface area (Å²) >= 11 is 0. The van der Waals surface area contributed by atoms with Crippen LogP contribution in [0.2, 0.25) is 0 Å². The van der Waals surface area contributed by atoms with Crippen LogP contribution >= 0.6 is 0 Å². The summed E-state index contributed by atoms with van der Waals surface area (Å²) in [6.45, 7) is 5.88. The second kappa shape index (κ2) is 9.13. The van der Waals surface area contributed by atoms with Crippen molar-refractivity contribution >= 4 is 10.9 Å². The third-order valence-electron chi connectivity index (χ3n) is 7.03. The molecule has 0 radical (unpaired) electrons. The number of hydrogen-bond donors (Lipinski definition) is 1. The molecule has 1 saturated heterocycles. The topological polar surface area (TPSA) is 31.5 Å². The van der Waals surface area contributed by atoms with Crippen LogP contribution < -0.4 is 4.74 Å². The zero-order chi connectivity index (χ0) is 24.9. The lowest BCUT2D eigenvalue weighted by molar-refractivity contribution is 0.0164. The standard InChI is InChI=1S/C27H31F4N3O/c1-16-10-20-19-6-4-5-7-23(19)32-25(20)26(34(16)15-27(2,3)31)24-21(29)11-17(12-22(24)30)35-18-13-33(14-18)9-8-28/h4-7,11-12,16,18,26,32H,8-10,13-15H2,1-3H3/t16-,26?/m1/s1. The number of alkyl halides is 2. The Morgan fingerprint density at radius 3 is 2.46 bits per heavy atom. The number of halogens is 4. The van der Waals surface area contributed by atoms with Crippen LogP contribution in [-0.4, -0.2) is 65.5 Å². The van der Waals surface area contributed by atoms with Crippen LogP contribution in [0, 0.1) is 11.6 Å². The van der Waals surface area contributed by atoms with E-state index in [2.05, 4.69) is 4.98 Å². The molecule has 2 aromatic carbocycles. The first-order valence-electron chi connectivity index (χ1n) is 12.1. The summed E-state index contributed by atoms with van der Waals surface area (Å²) in [6, 6.07) is 9.25. The fourth-order valence-electron chi connectivity index (χ4n) is 5.48. The van der Waals surface area contributed by atoms with Crippen molar-refractivity contribution in [2.45, 2.75) is 51.0 Å². The molecule has 2 atom stereocenters. The number of fused-ring (bicyclic) bond motifs is 3. The highest BCUT2D eigenvalue weighted by atomic mass is 19.1. The summed E-state index contributed by atoms with van der Waals surface area (Å²) < 4.78 is 64.4. The summed E-state index contributed by atoms with van der Waals surface area (Å²) in [7, 11) is 0. The van der Waals surface area contributed by atoms with Crippen LogP contribution in [0.4, 0.5) is 17.6 Å². The summed E-state index contributed by atoms with van der Waals surface area (Å²) in [5.41, 5.74) is 0.920. The third kappa shape index (κ3) is 4.66. The molecule has 1 N–H and O–H groups in total. The molecule has 188 valence electrons. The predicted octanol–water partition coefficient (Wildman–Crippen LogP) is 5.56. The number of aromatic nitrogens is 1. The van der Waals surface area contributed by atoms with Crippen molar-refractivity contribution in [3.8, 4) is 5.75 Å². The maximum Gasteiger partial charge on any atom is 0.135 e. The smallest absolute Gasteiger partial charge is 0.135 e. The Labute approximate surface area is 202 Å². The normalized spacial score (nSPS) is 21.8. The third-order valence-corrected chi connectivity index (χ3v) is 7.03. The van der Waals surface area contributed by atoms with Crippen LogP contribution in [0.25, 0.3) is 10.9 Å². The average molecular weight is 490 g/mol. The fraction of sp³-hybridized carbons (Fsp3) is 0.481. The Morgan fingerprint density at radius 1 is 1.11 bits per heavy atom. The number of nitrogens with one attached hydrogen (secondary N) is 1. The molecule has 35 heavy (non-hydrogen) atoms. The number of benzene rings is 2. The predicted molar refractivity (Wildman–Crippen MR) is 128 cm³/mol. The van der Waals surface area contributed by atoms with E-state index in [1.807, 2.05) is 41.0 Å². The first kappa shape index (κ1) is 24.1. The number of para-hydroxylation sites is 1. The van der Waals surface area contributed by atoms with Gasteiger partial charge in [0.15, 0.2) is 0 Å². The van der Waals surface area contributed by atoms with E-state index < -0.39 is 30.0 Å². The quantitative estimate of drug-likeness (QED) is 0.441. The van der Waals surface area contributed by atoms with Gasteiger partial charge < -0.3 is 9.72 Å². The van der Waals surface area contributed by atoms with Crippen molar-refractivity contribution in [3.05, 3.63) is 64.9 Å². The summed E-state index contributed by atoms with van der Waals surface area (Å²) in [6.07, 6.45) is 0.415. The molecule has 1 unspecified atom stereocenters. The molecule has 1 aromatic heterocycles. The van der Waals surface area contributed by atoms with E-state index in [0.717, 1.165) is 16.5 Å². The van der Waals surface area contributed by atoms with E-state index in [4.69, 9.17) is 4.74 Å².